The molecule has 6 heteroatoms. The van der Waals surface area contributed by atoms with Gasteiger partial charge in [-0.2, -0.15) is 4.98 Å². The largest absolute Gasteiger partial charge is 0.339 e. The molecule has 0 bridgehead atoms. The monoisotopic (exact) mass is 308 g/mol. The molecule has 1 aliphatic carbocycles. The molecular formula is C15H14ClFN2O2. The van der Waals surface area contributed by atoms with Gasteiger partial charge < -0.3 is 4.52 Å². The summed E-state index contributed by atoms with van der Waals surface area (Å²) < 4.78 is 18.2. The molecule has 1 aromatic carbocycles. The van der Waals surface area contributed by atoms with Crippen molar-refractivity contribution >= 4 is 17.4 Å². The van der Waals surface area contributed by atoms with E-state index < -0.39 is 5.82 Å². The first kappa shape index (κ1) is 14.2. The van der Waals surface area contributed by atoms with Crippen LogP contribution >= 0.6 is 11.6 Å². The molecule has 1 heterocycles. The molecule has 0 spiro atoms. The first-order chi connectivity index (χ1) is 10.1. The van der Waals surface area contributed by atoms with Crippen LogP contribution in [0.15, 0.2) is 22.7 Å². The van der Waals surface area contributed by atoms with E-state index in [0.717, 1.165) is 25.7 Å². The van der Waals surface area contributed by atoms with Crippen LogP contribution in [0, 0.1) is 11.7 Å². The van der Waals surface area contributed by atoms with Crippen LogP contribution in [0.2, 0.25) is 5.02 Å². The van der Waals surface area contributed by atoms with Gasteiger partial charge in [0.1, 0.15) is 11.6 Å². The number of benzene rings is 1. The molecule has 3 rings (SSSR count). The van der Waals surface area contributed by atoms with Crippen LogP contribution in [0.5, 0.6) is 0 Å². The molecule has 4 nitrogen and oxygen atoms in total. The Bertz CT molecular complexity index is 665. The number of ketones is 1. The van der Waals surface area contributed by atoms with E-state index in [9.17, 15) is 9.18 Å². The SMILES string of the molecule is O=C(Cc1nc(-c2ccc(F)c(Cl)c2)no1)C1CCCC1. The lowest BCUT2D eigenvalue weighted by Crippen LogP contribution is -2.13. The summed E-state index contributed by atoms with van der Waals surface area (Å²) in [5, 5.41) is 3.82. The summed E-state index contributed by atoms with van der Waals surface area (Å²) in [6.45, 7) is 0. The summed E-state index contributed by atoms with van der Waals surface area (Å²) in [6.07, 6.45) is 4.28. The number of hydrogen-bond donors (Lipinski definition) is 0. The lowest BCUT2D eigenvalue weighted by Gasteiger charge is -2.04. The number of hydrogen-bond acceptors (Lipinski definition) is 4. The molecule has 0 radical (unpaired) electrons. The van der Waals surface area contributed by atoms with Crippen molar-refractivity contribution < 1.29 is 13.7 Å². The number of aromatic nitrogens is 2. The fourth-order valence-electron chi connectivity index (χ4n) is 2.62. The number of halogens is 2. The van der Waals surface area contributed by atoms with E-state index in [1.165, 1.54) is 18.2 Å². The van der Waals surface area contributed by atoms with Gasteiger partial charge in [0, 0.05) is 11.5 Å². The number of Topliss-reactive ketones (excluding diaryl/α,β-unsaturated/α-hetero) is 1. The Balaban J connectivity index is 1.73. The minimum atomic E-state index is -0.499. The smallest absolute Gasteiger partial charge is 0.234 e. The third-order valence-electron chi connectivity index (χ3n) is 3.78. The van der Waals surface area contributed by atoms with E-state index in [4.69, 9.17) is 16.1 Å². The summed E-state index contributed by atoms with van der Waals surface area (Å²) in [4.78, 5) is 16.2. The Kier molecular flexibility index (Phi) is 4.01. The van der Waals surface area contributed by atoms with Crippen LogP contribution in [-0.4, -0.2) is 15.9 Å². The van der Waals surface area contributed by atoms with Gasteiger partial charge in [0.2, 0.25) is 11.7 Å². The van der Waals surface area contributed by atoms with Crippen molar-refractivity contribution in [3.8, 4) is 11.4 Å². The topological polar surface area (TPSA) is 56.0 Å². The maximum absolute atomic E-state index is 13.1. The van der Waals surface area contributed by atoms with Gasteiger partial charge in [-0.05, 0) is 31.0 Å². The molecule has 0 atom stereocenters. The molecular weight excluding hydrogens is 295 g/mol. The predicted octanol–water partition coefficient (Wildman–Crippen LogP) is 3.83. The average molecular weight is 309 g/mol. The zero-order valence-corrected chi connectivity index (χ0v) is 12.1. The summed E-state index contributed by atoms with van der Waals surface area (Å²) in [6, 6.07) is 4.20. The highest BCUT2D eigenvalue weighted by molar-refractivity contribution is 6.31. The molecule has 0 aliphatic heterocycles. The molecule has 0 unspecified atom stereocenters. The lowest BCUT2D eigenvalue weighted by molar-refractivity contribution is -0.122. The van der Waals surface area contributed by atoms with Crippen LogP contribution in [0.1, 0.15) is 31.6 Å². The highest BCUT2D eigenvalue weighted by Crippen LogP contribution is 2.27. The first-order valence-corrected chi connectivity index (χ1v) is 7.32. The standard InChI is InChI=1S/C15H14ClFN2O2/c16-11-7-10(5-6-12(11)17)15-18-14(21-19-15)8-13(20)9-3-1-2-4-9/h5-7,9H,1-4,8H2. The van der Waals surface area contributed by atoms with Gasteiger partial charge >= 0.3 is 0 Å². The molecule has 110 valence electrons. The van der Waals surface area contributed by atoms with Gasteiger partial charge in [-0.15, -0.1) is 0 Å². The Labute approximate surface area is 126 Å². The minimum absolute atomic E-state index is 0.000817. The molecule has 1 aromatic heterocycles. The number of carbonyl (C=O) groups is 1. The summed E-state index contributed by atoms with van der Waals surface area (Å²) in [5.41, 5.74) is 0.560. The first-order valence-electron chi connectivity index (χ1n) is 6.94. The second-order valence-corrected chi connectivity index (χ2v) is 5.67. The van der Waals surface area contributed by atoms with Crippen LogP contribution in [0.4, 0.5) is 4.39 Å². The van der Waals surface area contributed by atoms with Gasteiger partial charge in [0.05, 0.1) is 11.4 Å². The van der Waals surface area contributed by atoms with Crippen molar-refractivity contribution in [2.75, 3.05) is 0 Å². The molecule has 0 amide bonds. The Morgan fingerprint density at radius 1 is 1.38 bits per heavy atom. The fourth-order valence-corrected chi connectivity index (χ4v) is 2.80. The highest BCUT2D eigenvalue weighted by atomic mass is 35.5. The summed E-state index contributed by atoms with van der Waals surface area (Å²) in [7, 11) is 0. The Morgan fingerprint density at radius 3 is 2.86 bits per heavy atom. The third-order valence-corrected chi connectivity index (χ3v) is 4.07. The molecule has 2 aromatic rings. The quantitative estimate of drug-likeness (QED) is 0.861. The number of nitrogens with zero attached hydrogens (tertiary/aromatic N) is 2. The Hall–Kier alpha value is -1.75. The van der Waals surface area contributed by atoms with E-state index in [0.29, 0.717) is 17.3 Å². The van der Waals surface area contributed by atoms with Crippen LogP contribution in [-0.2, 0) is 11.2 Å². The molecule has 1 saturated carbocycles. The van der Waals surface area contributed by atoms with Crippen molar-refractivity contribution in [3.05, 3.63) is 34.9 Å². The fraction of sp³-hybridized carbons (Fsp3) is 0.400. The summed E-state index contributed by atoms with van der Waals surface area (Å²) >= 11 is 5.73. The van der Waals surface area contributed by atoms with Crippen molar-refractivity contribution in [2.45, 2.75) is 32.1 Å². The van der Waals surface area contributed by atoms with Gasteiger partial charge in [-0.25, -0.2) is 4.39 Å². The highest BCUT2D eigenvalue weighted by Gasteiger charge is 2.24. The maximum Gasteiger partial charge on any atom is 0.234 e. The molecule has 1 aliphatic rings. The van der Waals surface area contributed by atoms with Crippen molar-refractivity contribution in [1.29, 1.82) is 0 Å². The predicted molar refractivity (Wildman–Crippen MR) is 75.4 cm³/mol. The van der Waals surface area contributed by atoms with Crippen LogP contribution in [0.3, 0.4) is 0 Å². The average Bonchev–Trinajstić information content (AvgIpc) is 3.12. The van der Waals surface area contributed by atoms with E-state index in [1.807, 2.05) is 0 Å². The summed E-state index contributed by atoms with van der Waals surface area (Å²) in [5.74, 6) is 0.384. The zero-order chi connectivity index (χ0) is 14.8. The van der Waals surface area contributed by atoms with Crippen molar-refractivity contribution in [2.24, 2.45) is 5.92 Å². The molecule has 0 saturated heterocycles. The second kappa shape index (κ2) is 5.93. The van der Waals surface area contributed by atoms with E-state index in [2.05, 4.69) is 10.1 Å². The van der Waals surface area contributed by atoms with E-state index in [-0.39, 0.29) is 23.1 Å². The molecule has 1 fully saturated rings. The van der Waals surface area contributed by atoms with Gasteiger partial charge in [0.25, 0.3) is 0 Å². The number of rotatable bonds is 4. The zero-order valence-electron chi connectivity index (χ0n) is 11.3. The van der Waals surface area contributed by atoms with E-state index in [1.54, 1.807) is 0 Å². The van der Waals surface area contributed by atoms with Crippen molar-refractivity contribution in [1.82, 2.24) is 10.1 Å². The van der Waals surface area contributed by atoms with Gasteiger partial charge in [0.15, 0.2) is 0 Å². The third kappa shape index (κ3) is 3.13. The van der Waals surface area contributed by atoms with Gasteiger partial charge in [-0.3, -0.25) is 4.79 Å². The van der Waals surface area contributed by atoms with E-state index >= 15 is 0 Å². The maximum atomic E-state index is 13.1. The normalized spacial score (nSPS) is 15.5. The number of carbonyl (C=O) groups excluding carboxylic acids is 1. The van der Waals surface area contributed by atoms with Crippen molar-refractivity contribution in [3.63, 3.8) is 0 Å². The molecule has 21 heavy (non-hydrogen) atoms. The lowest BCUT2D eigenvalue weighted by atomic mass is 10.0. The van der Waals surface area contributed by atoms with Crippen LogP contribution < -0.4 is 0 Å². The Morgan fingerprint density at radius 2 is 2.14 bits per heavy atom. The molecule has 0 N–H and O–H groups in total. The minimum Gasteiger partial charge on any atom is -0.339 e. The van der Waals surface area contributed by atoms with Crippen LogP contribution in [0.25, 0.3) is 11.4 Å². The second-order valence-electron chi connectivity index (χ2n) is 5.27. The van der Waals surface area contributed by atoms with Gasteiger partial charge in [-0.1, -0.05) is 29.6 Å².